The van der Waals surface area contributed by atoms with Gasteiger partial charge in [-0.3, -0.25) is 0 Å². The normalized spacial score (nSPS) is 18.0. The van der Waals surface area contributed by atoms with Gasteiger partial charge in [0.2, 0.25) is 5.95 Å². The molecule has 1 saturated heterocycles. The lowest BCUT2D eigenvalue weighted by molar-refractivity contribution is 0.447. The number of piperidine rings is 1. The van der Waals surface area contributed by atoms with Gasteiger partial charge in [0.15, 0.2) is 0 Å². The fourth-order valence-corrected chi connectivity index (χ4v) is 3.21. The van der Waals surface area contributed by atoms with Crippen molar-refractivity contribution in [3.63, 3.8) is 0 Å². The van der Waals surface area contributed by atoms with Crippen molar-refractivity contribution >= 4 is 11.8 Å². The molecule has 2 aromatic rings. The van der Waals surface area contributed by atoms with E-state index in [0.717, 1.165) is 18.9 Å². The van der Waals surface area contributed by atoms with Crippen LogP contribution in [0.2, 0.25) is 0 Å². The van der Waals surface area contributed by atoms with Crippen molar-refractivity contribution in [2.24, 2.45) is 0 Å². The van der Waals surface area contributed by atoms with Gasteiger partial charge in [0.05, 0.1) is 0 Å². The Morgan fingerprint density at radius 3 is 2.78 bits per heavy atom. The first-order valence-electron chi connectivity index (χ1n) is 8.65. The quantitative estimate of drug-likeness (QED) is 0.900. The Kier molecular flexibility index (Phi) is 5.11. The van der Waals surface area contributed by atoms with Crippen LogP contribution in [-0.4, -0.2) is 22.6 Å². The number of hydrogen-bond donors (Lipinski definition) is 1. The van der Waals surface area contributed by atoms with Gasteiger partial charge in [-0.15, -0.1) is 0 Å². The minimum absolute atomic E-state index is 0.614. The molecule has 23 heavy (non-hydrogen) atoms. The van der Waals surface area contributed by atoms with E-state index in [4.69, 9.17) is 4.98 Å². The smallest absolute Gasteiger partial charge is 0.224 e. The summed E-state index contributed by atoms with van der Waals surface area (Å²) in [7, 11) is 0. The van der Waals surface area contributed by atoms with Crippen LogP contribution in [0.25, 0.3) is 0 Å². The SMILES string of the molecule is CCC1CCCCN1c1ccnc(NCc2ccc(C)cc2)n1. The van der Waals surface area contributed by atoms with Gasteiger partial charge < -0.3 is 10.2 Å². The molecule has 1 N–H and O–H groups in total. The van der Waals surface area contributed by atoms with E-state index in [1.807, 2.05) is 12.3 Å². The second-order valence-corrected chi connectivity index (χ2v) is 6.33. The fourth-order valence-electron chi connectivity index (χ4n) is 3.21. The largest absolute Gasteiger partial charge is 0.353 e. The highest BCUT2D eigenvalue weighted by atomic mass is 15.2. The molecule has 3 rings (SSSR count). The van der Waals surface area contributed by atoms with E-state index < -0.39 is 0 Å². The van der Waals surface area contributed by atoms with E-state index in [2.05, 4.69) is 53.3 Å². The summed E-state index contributed by atoms with van der Waals surface area (Å²) in [6.45, 7) is 6.22. The van der Waals surface area contributed by atoms with Crippen molar-refractivity contribution in [2.45, 2.75) is 52.1 Å². The summed E-state index contributed by atoms with van der Waals surface area (Å²) in [4.78, 5) is 11.5. The molecule has 1 aromatic carbocycles. The van der Waals surface area contributed by atoms with E-state index in [1.54, 1.807) is 0 Å². The number of anilines is 2. The second-order valence-electron chi connectivity index (χ2n) is 6.33. The Bertz CT molecular complexity index is 624. The summed E-state index contributed by atoms with van der Waals surface area (Å²) in [5, 5.41) is 3.34. The third-order valence-corrected chi connectivity index (χ3v) is 4.60. The number of hydrogen-bond acceptors (Lipinski definition) is 4. The van der Waals surface area contributed by atoms with Gasteiger partial charge in [0, 0.05) is 25.3 Å². The van der Waals surface area contributed by atoms with Gasteiger partial charge >= 0.3 is 0 Å². The molecule has 0 amide bonds. The van der Waals surface area contributed by atoms with E-state index in [1.165, 1.54) is 36.8 Å². The molecule has 0 bridgehead atoms. The van der Waals surface area contributed by atoms with E-state index >= 15 is 0 Å². The lowest BCUT2D eigenvalue weighted by atomic mass is 10.0. The van der Waals surface area contributed by atoms with Gasteiger partial charge in [-0.1, -0.05) is 36.8 Å². The molecule has 0 aliphatic carbocycles. The number of rotatable bonds is 5. The van der Waals surface area contributed by atoms with Crippen molar-refractivity contribution in [3.8, 4) is 0 Å². The monoisotopic (exact) mass is 310 g/mol. The van der Waals surface area contributed by atoms with Crippen LogP contribution in [0.3, 0.4) is 0 Å². The van der Waals surface area contributed by atoms with Crippen LogP contribution in [-0.2, 0) is 6.54 Å². The van der Waals surface area contributed by atoms with Gasteiger partial charge in [-0.05, 0) is 44.2 Å². The predicted molar refractivity (Wildman–Crippen MR) is 95.8 cm³/mol. The Hall–Kier alpha value is -2.10. The molecule has 0 spiro atoms. The molecular weight excluding hydrogens is 284 g/mol. The number of aromatic nitrogens is 2. The first-order valence-corrected chi connectivity index (χ1v) is 8.65. The summed E-state index contributed by atoms with van der Waals surface area (Å²) in [6, 6.07) is 11.2. The van der Waals surface area contributed by atoms with Gasteiger partial charge in [-0.2, -0.15) is 4.98 Å². The van der Waals surface area contributed by atoms with Crippen molar-refractivity contribution in [2.75, 3.05) is 16.8 Å². The number of aryl methyl sites for hydroxylation is 1. The minimum atomic E-state index is 0.614. The summed E-state index contributed by atoms with van der Waals surface area (Å²) in [6.07, 6.45) is 6.90. The third-order valence-electron chi connectivity index (χ3n) is 4.60. The standard InChI is InChI=1S/C19H26N4/c1-3-17-6-4-5-13-23(17)18-11-12-20-19(22-18)21-14-16-9-7-15(2)8-10-16/h7-12,17H,3-6,13-14H2,1-2H3,(H,20,21,22). The Balaban J connectivity index is 1.68. The molecule has 2 heterocycles. The van der Waals surface area contributed by atoms with Gasteiger partial charge in [0.1, 0.15) is 5.82 Å². The Labute approximate surface area is 139 Å². The third kappa shape index (κ3) is 4.01. The maximum Gasteiger partial charge on any atom is 0.224 e. The zero-order valence-electron chi connectivity index (χ0n) is 14.1. The molecule has 1 fully saturated rings. The summed E-state index contributed by atoms with van der Waals surface area (Å²) < 4.78 is 0. The van der Waals surface area contributed by atoms with Crippen LogP contribution in [0.5, 0.6) is 0 Å². The topological polar surface area (TPSA) is 41.1 Å². The lowest BCUT2D eigenvalue weighted by Crippen LogP contribution is -2.39. The van der Waals surface area contributed by atoms with E-state index in [-0.39, 0.29) is 0 Å². The minimum Gasteiger partial charge on any atom is -0.353 e. The maximum atomic E-state index is 4.73. The average Bonchev–Trinajstić information content (AvgIpc) is 2.61. The van der Waals surface area contributed by atoms with Crippen LogP contribution in [0.15, 0.2) is 36.5 Å². The molecule has 1 atom stereocenters. The molecule has 1 unspecified atom stereocenters. The predicted octanol–water partition coefficient (Wildman–Crippen LogP) is 4.17. The maximum absolute atomic E-state index is 4.73. The fraction of sp³-hybridized carbons (Fsp3) is 0.474. The van der Waals surface area contributed by atoms with Crippen LogP contribution in [0.4, 0.5) is 11.8 Å². The molecule has 4 nitrogen and oxygen atoms in total. The summed E-state index contributed by atoms with van der Waals surface area (Å²) >= 11 is 0. The molecule has 122 valence electrons. The highest BCUT2D eigenvalue weighted by Gasteiger charge is 2.22. The van der Waals surface area contributed by atoms with Crippen LogP contribution < -0.4 is 10.2 Å². The Morgan fingerprint density at radius 1 is 1.17 bits per heavy atom. The second kappa shape index (κ2) is 7.44. The molecule has 1 aliphatic heterocycles. The molecule has 0 radical (unpaired) electrons. The molecular formula is C19H26N4. The van der Waals surface area contributed by atoms with Crippen LogP contribution in [0.1, 0.15) is 43.7 Å². The molecule has 1 aromatic heterocycles. The number of nitrogens with one attached hydrogen (secondary N) is 1. The van der Waals surface area contributed by atoms with Crippen molar-refractivity contribution < 1.29 is 0 Å². The first kappa shape index (κ1) is 15.8. The molecule has 4 heteroatoms. The van der Waals surface area contributed by atoms with Crippen LogP contribution >= 0.6 is 0 Å². The zero-order chi connectivity index (χ0) is 16.1. The summed E-state index contributed by atoms with van der Waals surface area (Å²) in [5.41, 5.74) is 2.52. The van der Waals surface area contributed by atoms with Gasteiger partial charge in [0.25, 0.3) is 0 Å². The highest BCUT2D eigenvalue weighted by molar-refractivity contribution is 5.44. The van der Waals surface area contributed by atoms with E-state index in [0.29, 0.717) is 12.0 Å². The van der Waals surface area contributed by atoms with Crippen molar-refractivity contribution in [1.29, 1.82) is 0 Å². The highest BCUT2D eigenvalue weighted by Crippen LogP contribution is 2.25. The Morgan fingerprint density at radius 2 is 2.00 bits per heavy atom. The molecule has 0 saturated carbocycles. The van der Waals surface area contributed by atoms with Crippen molar-refractivity contribution in [1.82, 2.24) is 9.97 Å². The average molecular weight is 310 g/mol. The van der Waals surface area contributed by atoms with E-state index in [9.17, 15) is 0 Å². The summed E-state index contributed by atoms with van der Waals surface area (Å²) in [5.74, 6) is 1.77. The van der Waals surface area contributed by atoms with Crippen LogP contribution in [0, 0.1) is 6.92 Å². The number of nitrogens with zero attached hydrogens (tertiary/aromatic N) is 3. The number of benzene rings is 1. The zero-order valence-corrected chi connectivity index (χ0v) is 14.1. The lowest BCUT2D eigenvalue weighted by Gasteiger charge is -2.36. The van der Waals surface area contributed by atoms with Crippen molar-refractivity contribution in [3.05, 3.63) is 47.7 Å². The molecule has 1 aliphatic rings. The first-order chi connectivity index (χ1) is 11.3. The van der Waals surface area contributed by atoms with Gasteiger partial charge in [-0.25, -0.2) is 4.98 Å².